The summed E-state index contributed by atoms with van der Waals surface area (Å²) in [6, 6.07) is 11.7. The average molecular weight is 361 g/mol. The van der Waals surface area contributed by atoms with Crippen LogP contribution in [0.3, 0.4) is 0 Å². The highest BCUT2D eigenvalue weighted by molar-refractivity contribution is 5.97. The van der Waals surface area contributed by atoms with Crippen LogP contribution in [0.4, 0.5) is 0 Å². The predicted molar refractivity (Wildman–Crippen MR) is 106 cm³/mol. The number of rotatable bonds is 3. The Morgan fingerprint density at radius 1 is 1.26 bits per heavy atom. The Kier molecular flexibility index (Phi) is 4.52. The fourth-order valence-corrected chi connectivity index (χ4v) is 3.90. The number of nitrogens with one attached hydrogen (secondary N) is 1. The van der Waals surface area contributed by atoms with Gasteiger partial charge in [0.25, 0.3) is 5.91 Å². The summed E-state index contributed by atoms with van der Waals surface area (Å²) in [5, 5.41) is 3.57. The summed E-state index contributed by atoms with van der Waals surface area (Å²) in [6.45, 7) is 4.51. The number of aromatic nitrogens is 2. The van der Waals surface area contributed by atoms with Gasteiger partial charge in [0.05, 0.1) is 11.4 Å². The molecule has 5 heteroatoms. The van der Waals surface area contributed by atoms with Crippen LogP contribution in [0.2, 0.25) is 0 Å². The zero-order chi connectivity index (χ0) is 19.0. The molecule has 0 unspecified atom stereocenters. The Morgan fingerprint density at radius 2 is 2.07 bits per heavy atom. The van der Waals surface area contributed by atoms with Gasteiger partial charge >= 0.3 is 0 Å². The van der Waals surface area contributed by atoms with Crippen molar-refractivity contribution in [3.63, 3.8) is 0 Å². The van der Waals surface area contributed by atoms with Crippen LogP contribution in [0.25, 0.3) is 11.0 Å². The highest BCUT2D eigenvalue weighted by Crippen LogP contribution is 2.29. The number of nitrogens with zero attached hydrogens (tertiary/aromatic N) is 2. The van der Waals surface area contributed by atoms with Crippen molar-refractivity contribution >= 4 is 16.9 Å². The molecular formula is C22H23N3O2. The van der Waals surface area contributed by atoms with Crippen LogP contribution in [-0.2, 0) is 13.0 Å². The lowest BCUT2D eigenvalue weighted by Crippen LogP contribution is -2.34. The lowest BCUT2D eigenvalue weighted by Gasteiger charge is -2.26. The SMILES string of the molecule is CCn1cc(C(=O)N[C@@H]2CCCc3ccccc32)c(=O)c2ccc(C)nc21. The molecule has 0 aliphatic heterocycles. The molecule has 2 aromatic heterocycles. The van der Waals surface area contributed by atoms with E-state index in [4.69, 9.17) is 0 Å². The maximum Gasteiger partial charge on any atom is 0.257 e. The number of hydrogen-bond donors (Lipinski definition) is 1. The van der Waals surface area contributed by atoms with Crippen LogP contribution in [-0.4, -0.2) is 15.5 Å². The van der Waals surface area contributed by atoms with Crippen molar-refractivity contribution < 1.29 is 4.79 Å². The number of amides is 1. The highest BCUT2D eigenvalue weighted by atomic mass is 16.2. The molecule has 0 saturated carbocycles. The molecule has 0 bridgehead atoms. The number of carbonyl (C=O) groups excluding carboxylic acids is 1. The summed E-state index contributed by atoms with van der Waals surface area (Å²) in [5.74, 6) is -0.314. The molecule has 4 rings (SSSR count). The van der Waals surface area contributed by atoms with E-state index in [2.05, 4.69) is 22.4 Å². The monoisotopic (exact) mass is 361 g/mol. The first kappa shape index (κ1) is 17.5. The highest BCUT2D eigenvalue weighted by Gasteiger charge is 2.24. The van der Waals surface area contributed by atoms with Crippen molar-refractivity contribution in [3.8, 4) is 0 Å². The summed E-state index contributed by atoms with van der Waals surface area (Å²) in [4.78, 5) is 30.4. The molecule has 1 amide bonds. The Hall–Kier alpha value is -2.95. The zero-order valence-corrected chi connectivity index (χ0v) is 15.7. The minimum absolute atomic E-state index is 0.0521. The number of fused-ring (bicyclic) bond motifs is 2. The van der Waals surface area contributed by atoms with Gasteiger partial charge in [-0.25, -0.2) is 4.98 Å². The standard InChI is InChI=1S/C22H23N3O2/c1-3-25-13-18(20(26)17-12-11-14(2)23-21(17)25)22(27)24-19-10-6-8-15-7-4-5-9-16(15)19/h4-5,7,9,11-13,19H,3,6,8,10H2,1-2H3,(H,24,27)/t19-/m1/s1. The second-order valence-electron chi connectivity index (χ2n) is 7.10. The summed E-state index contributed by atoms with van der Waals surface area (Å²) in [5.41, 5.74) is 3.83. The Morgan fingerprint density at radius 3 is 2.89 bits per heavy atom. The zero-order valence-electron chi connectivity index (χ0n) is 15.7. The van der Waals surface area contributed by atoms with Crippen LogP contribution < -0.4 is 10.7 Å². The van der Waals surface area contributed by atoms with Gasteiger partial charge in [-0.3, -0.25) is 9.59 Å². The summed E-state index contributed by atoms with van der Waals surface area (Å²) < 4.78 is 1.87. The molecule has 0 spiro atoms. The molecule has 0 radical (unpaired) electrons. The minimum atomic E-state index is -0.314. The fraction of sp³-hybridized carbons (Fsp3) is 0.318. The summed E-state index contributed by atoms with van der Waals surface area (Å²) in [7, 11) is 0. The van der Waals surface area contributed by atoms with Crippen molar-refractivity contribution in [1.29, 1.82) is 0 Å². The third-order valence-corrected chi connectivity index (χ3v) is 5.32. The van der Waals surface area contributed by atoms with E-state index in [1.807, 2.05) is 36.6 Å². The number of carbonyl (C=O) groups is 1. The number of benzene rings is 1. The van der Waals surface area contributed by atoms with E-state index in [-0.39, 0.29) is 22.9 Å². The van der Waals surface area contributed by atoms with Gasteiger partial charge < -0.3 is 9.88 Å². The van der Waals surface area contributed by atoms with Crippen molar-refractivity contribution in [2.75, 3.05) is 0 Å². The predicted octanol–water partition coefficient (Wildman–Crippen LogP) is 3.53. The van der Waals surface area contributed by atoms with Gasteiger partial charge in [-0.2, -0.15) is 0 Å². The Bertz CT molecular complexity index is 1080. The Balaban J connectivity index is 1.73. The van der Waals surface area contributed by atoms with Gasteiger partial charge in [0.15, 0.2) is 0 Å². The first-order valence-corrected chi connectivity index (χ1v) is 9.48. The van der Waals surface area contributed by atoms with Gasteiger partial charge in [-0.1, -0.05) is 24.3 Å². The van der Waals surface area contributed by atoms with Crippen LogP contribution in [0.1, 0.15) is 53.0 Å². The lowest BCUT2D eigenvalue weighted by molar-refractivity contribution is 0.0931. The molecule has 138 valence electrons. The van der Waals surface area contributed by atoms with Gasteiger partial charge in [0, 0.05) is 18.4 Å². The van der Waals surface area contributed by atoms with E-state index in [0.29, 0.717) is 17.6 Å². The first-order chi connectivity index (χ1) is 13.1. The van der Waals surface area contributed by atoms with Crippen molar-refractivity contribution in [2.45, 2.75) is 45.7 Å². The molecule has 1 atom stereocenters. The third kappa shape index (κ3) is 3.14. The molecule has 2 heterocycles. The van der Waals surface area contributed by atoms with Crippen molar-refractivity contribution in [2.24, 2.45) is 0 Å². The smallest absolute Gasteiger partial charge is 0.257 e. The quantitative estimate of drug-likeness (QED) is 0.776. The average Bonchev–Trinajstić information content (AvgIpc) is 2.68. The van der Waals surface area contributed by atoms with Gasteiger partial charge in [-0.05, 0) is 56.4 Å². The molecule has 1 aromatic carbocycles. The molecule has 1 aliphatic carbocycles. The van der Waals surface area contributed by atoms with Crippen LogP contribution >= 0.6 is 0 Å². The lowest BCUT2D eigenvalue weighted by atomic mass is 9.87. The molecule has 27 heavy (non-hydrogen) atoms. The van der Waals surface area contributed by atoms with Crippen LogP contribution in [0, 0.1) is 6.92 Å². The maximum atomic E-state index is 13.0. The number of pyridine rings is 2. The third-order valence-electron chi connectivity index (χ3n) is 5.32. The van der Waals surface area contributed by atoms with Gasteiger partial charge in [0.2, 0.25) is 5.43 Å². The van der Waals surface area contributed by atoms with E-state index < -0.39 is 0 Å². The van der Waals surface area contributed by atoms with E-state index in [1.54, 1.807) is 12.3 Å². The first-order valence-electron chi connectivity index (χ1n) is 9.48. The van der Waals surface area contributed by atoms with E-state index >= 15 is 0 Å². The van der Waals surface area contributed by atoms with E-state index in [9.17, 15) is 9.59 Å². The number of hydrogen-bond acceptors (Lipinski definition) is 3. The molecular weight excluding hydrogens is 338 g/mol. The molecule has 0 fully saturated rings. The fourth-order valence-electron chi connectivity index (χ4n) is 3.90. The van der Waals surface area contributed by atoms with E-state index in [1.165, 1.54) is 5.56 Å². The topological polar surface area (TPSA) is 64.0 Å². The summed E-state index contributed by atoms with van der Waals surface area (Å²) >= 11 is 0. The number of aryl methyl sites for hydroxylation is 3. The maximum absolute atomic E-state index is 13.0. The molecule has 1 N–H and O–H groups in total. The second-order valence-corrected chi connectivity index (χ2v) is 7.10. The minimum Gasteiger partial charge on any atom is -0.345 e. The second kappa shape index (κ2) is 6.99. The normalized spacial score (nSPS) is 16.1. The van der Waals surface area contributed by atoms with Crippen LogP contribution in [0.5, 0.6) is 0 Å². The molecule has 0 saturated heterocycles. The van der Waals surface area contributed by atoms with Crippen LogP contribution in [0.15, 0.2) is 47.4 Å². The molecule has 3 aromatic rings. The molecule has 5 nitrogen and oxygen atoms in total. The molecule has 1 aliphatic rings. The van der Waals surface area contributed by atoms with Gasteiger partial charge in [-0.15, -0.1) is 0 Å². The largest absolute Gasteiger partial charge is 0.345 e. The van der Waals surface area contributed by atoms with Crippen molar-refractivity contribution in [1.82, 2.24) is 14.9 Å². The Labute approximate surface area is 158 Å². The van der Waals surface area contributed by atoms with Gasteiger partial charge in [0.1, 0.15) is 11.2 Å². The summed E-state index contributed by atoms with van der Waals surface area (Å²) in [6.07, 6.45) is 4.59. The van der Waals surface area contributed by atoms with Crippen molar-refractivity contribution in [3.05, 3.63) is 75.2 Å². The van der Waals surface area contributed by atoms with E-state index in [0.717, 1.165) is 30.5 Å².